The number of aromatic nitrogens is 2. The van der Waals surface area contributed by atoms with Gasteiger partial charge in [-0.05, 0) is 61.4 Å². The van der Waals surface area contributed by atoms with Gasteiger partial charge in [-0.2, -0.15) is 0 Å². The second-order valence-corrected chi connectivity index (χ2v) is 14.3. The van der Waals surface area contributed by atoms with E-state index in [0.29, 0.717) is 69.1 Å². The molecular formula is C38H38N2O11S2. The summed E-state index contributed by atoms with van der Waals surface area (Å²) in [6.07, 6.45) is 1.12. The van der Waals surface area contributed by atoms with E-state index in [0.717, 1.165) is 0 Å². The van der Waals surface area contributed by atoms with Crippen molar-refractivity contribution in [3.63, 3.8) is 0 Å². The van der Waals surface area contributed by atoms with Crippen molar-refractivity contribution in [1.82, 2.24) is 8.96 Å². The molecule has 0 saturated carbocycles. The number of thioether (sulfide) groups is 1. The van der Waals surface area contributed by atoms with Crippen molar-refractivity contribution in [2.75, 3.05) is 55.0 Å². The van der Waals surface area contributed by atoms with Gasteiger partial charge in [-0.15, -0.1) is 0 Å². The number of ether oxygens (including phenoxy) is 7. The zero-order chi connectivity index (χ0) is 37.7. The predicted octanol–water partition coefficient (Wildman–Crippen LogP) is 7.05. The van der Waals surface area contributed by atoms with E-state index >= 15 is 0 Å². The molecule has 278 valence electrons. The number of hydrogen-bond acceptors (Lipinski definition) is 13. The van der Waals surface area contributed by atoms with Gasteiger partial charge < -0.3 is 37.6 Å². The predicted molar refractivity (Wildman–Crippen MR) is 201 cm³/mol. The molecular weight excluding hydrogens is 725 g/mol. The summed E-state index contributed by atoms with van der Waals surface area (Å²) in [5, 5.41) is 0.525. The maximum atomic E-state index is 14.1. The first-order valence-corrected chi connectivity index (χ1v) is 18.8. The summed E-state index contributed by atoms with van der Waals surface area (Å²) >= 11 is 1.32. The lowest BCUT2D eigenvalue weighted by Crippen LogP contribution is -2.14. The number of benzene rings is 4. The van der Waals surface area contributed by atoms with E-state index in [4.69, 9.17) is 37.6 Å². The fourth-order valence-corrected chi connectivity index (χ4v) is 8.47. The van der Waals surface area contributed by atoms with Gasteiger partial charge in [-0.25, -0.2) is 17.4 Å². The fraction of sp³-hybridized carbons (Fsp3) is 0.263. The molecule has 0 N–H and O–H groups in total. The molecule has 15 heteroatoms. The van der Waals surface area contributed by atoms with Crippen LogP contribution in [-0.2, 0) is 10.0 Å². The monoisotopic (exact) mass is 762 g/mol. The Hall–Kier alpha value is -5.54. The van der Waals surface area contributed by atoms with Crippen LogP contribution in [0.5, 0.6) is 40.2 Å². The van der Waals surface area contributed by atoms with Gasteiger partial charge in [0, 0.05) is 23.4 Å². The van der Waals surface area contributed by atoms with E-state index in [1.165, 1.54) is 70.5 Å². The number of imidazole rings is 1. The van der Waals surface area contributed by atoms with Crippen molar-refractivity contribution >= 4 is 43.8 Å². The summed E-state index contributed by atoms with van der Waals surface area (Å²) in [6.45, 7) is 0.146. The number of nitrogens with zero attached hydrogens (tertiary/aromatic N) is 2. The summed E-state index contributed by atoms with van der Waals surface area (Å²) in [5.74, 6) is 2.96. The highest BCUT2D eigenvalue weighted by atomic mass is 32.2. The van der Waals surface area contributed by atoms with Crippen molar-refractivity contribution in [3.05, 3.63) is 83.0 Å². The lowest BCUT2D eigenvalue weighted by atomic mass is 10.1. The van der Waals surface area contributed by atoms with Gasteiger partial charge in [-0.1, -0.05) is 23.9 Å². The molecule has 6 aromatic rings. The molecule has 53 heavy (non-hydrogen) atoms. The normalized spacial score (nSPS) is 11.4. The Balaban J connectivity index is 1.27. The van der Waals surface area contributed by atoms with Crippen LogP contribution in [0.2, 0.25) is 0 Å². The highest BCUT2D eigenvalue weighted by Gasteiger charge is 2.26. The van der Waals surface area contributed by atoms with Crippen LogP contribution in [0.15, 0.2) is 92.1 Å². The quantitative estimate of drug-likeness (QED) is 0.0734. The van der Waals surface area contributed by atoms with Gasteiger partial charge in [0.2, 0.25) is 16.9 Å². The summed E-state index contributed by atoms with van der Waals surface area (Å²) in [4.78, 5) is 18.9. The van der Waals surface area contributed by atoms with Crippen LogP contribution in [0, 0.1) is 0 Å². The Bertz CT molecular complexity index is 2400. The molecule has 2 aromatic heterocycles. The van der Waals surface area contributed by atoms with Gasteiger partial charge in [0.05, 0.1) is 65.2 Å². The first-order chi connectivity index (χ1) is 25.7. The molecule has 0 saturated heterocycles. The lowest BCUT2D eigenvalue weighted by molar-refractivity contribution is 0.301. The largest absolute Gasteiger partial charge is 0.497 e. The van der Waals surface area contributed by atoms with E-state index in [1.54, 1.807) is 54.6 Å². The topological polar surface area (TPSA) is 147 Å². The van der Waals surface area contributed by atoms with E-state index in [1.807, 2.05) is 6.07 Å². The van der Waals surface area contributed by atoms with E-state index in [-0.39, 0.29) is 39.7 Å². The van der Waals surface area contributed by atoms with Crippen LogP contribution in [-0.4, -0.2) is 72.4 Å². The van der Waals surface area contributed by atoms with Crippen LogP contribution in [0.1, 0.15) is 12.8 Å². The second kappa shape index (κ2) is 16.0. The standard InChI is InChI=1S/C38H38N2O11S2/c1-44-24-13-15-26(16-14-24)53(42,43)40-28-12-8-7-11-27(28)39-38(40)52-18-10-9-17-50-37-34(41)33-29(46-3)21-25(45-2)22-30(33)51-35(37)23-19-31(47-4)36(49-6)32(20-23)48-5/h7-8,11-16,19-22H,9-10,17-18H2,1-6H3. The lowest BCUT2D eigenvalue weighted by Gasteiger charge is -2.17. The molecule has 2 heterocycles. The van der Waals surface area contributed by atoms with Crippen molar-refractivity contribution in [1.29, 1.82) is 0 Å². The van der Waals surface area contributed by atoms with E-state index in [9.17, 15) is 13.2 Å². The molecule has 0 fully saturated rings. The van der Waals surface area contributed by atoms with Crippen LogP contribution in [0.4, 0.5) is 0 Å². The second-order valence-electron chi connectivity index (χ2n) is 11.4. The zero-order valence-corrected chi connectivity index (χ0v) is 31.6. The number of unbranched alkanes of at least 4 members (excludes halogenated alkanes) is 1. The fourth-order valence-electron chi connectivity index (χ4n) is 5.76. The van der Waals surface area contributed by atoms with E-state index < -0.39 is 15.5 Å². The average molecular weight is 763 g/mol. The molecule has 0 spiro atoms. The van der Waals surface area contributed by atoms with Crippen LogP contribution in [0.25, 0.3) is 33.3 Å². The molecule has 0 bridgehead atoms. The smallest absolute Gasteiger partial charge is 0.270 e. The molecule has 0 radical (unpaired) electrons. The number of hydrogen-bond donors (Lipinski definition) is 0. The van der Waals surface area contributed by atoms with Crippen molar-refractivity contribution in [2.45, 2.75) is 22.9 Å². The molecule has 13 nitrogen and oxygen atoms in total. The van der Waals surface area contributed by atoms with Gasteiger partial charge in [0.15, 0.2) is 22.4 Å². The third kappa shape index (κ3) is 7.26. The molecule has 0 aliphatic heterocycles. The number of methoxy groups -OCH3 is 6. The third-order valence-corrected chi connectivity index (χ3v) is 11.2. The summed E-state index contributed by atoms with van der Waals surface area (Å²) in [5.41, 5.74) is 1.27. The maximum absolute atomic E-state index is 14.1. The SMILES string of the molecule is COc1ccc(S(=O)(=O)n2c(SCCCCOc3c(-c4cc(OC)c(OC)c(OC)c4)oc4cc(OC)cc(OC)c4c3=O)nc3ccccc32)cc1. The van der Waals surface area contributed by atoms with Gasteiger partial charge >= 0.3 is 0 Å². The zero-order valence-electron chi connectivity index (χ0n) is 30.0. The Labute approximate surface area is 310 Å². The summed E-state index contributed by atoms with van der Waals surface area (Å²) in [6, 6.07) is 19.9. The first-order valence-electron chi connectivity index (χ1n) is 16.3. The van der Waals surface area contributed by atoms with Crippen molar-refractivity contribution in [3.8, 4) is 51.6 Å². The van der Waals surface area contributed by atoms with Gasteiger partial charge in [0.1, 0.15) is 28.2 Å². The molecule has 0 aliphatic carbocycles. The van der Waals surface area contributed by atoms with Crippen LogP contribution < -0.4 is 38.6 Å². The number of para-hydroxylation sites is 2. The van der Waals surface area contributed by atoms with Gasteiger partial charge in [0.25, 0.3) is 10.0 Å². The van der Waals surface area contributed by atoms with Crippen LogP contribution >= 0.6 is 11.8 Å². The van der Waals surface area contributed by atoms with Gasteiger partial charge in [-0.3, -0.25) is 4.79 Å². The summed E-state index contributed by atoms with van der Waals surface area (Å²) in [7, 11) is 4.98. The minimum absolute atomic E-state index is 0.0322. The average Bonchev–Trinajstić information content (AvgIpc) is 3.57. The minimum atomic E-state index is -3.98. The molecule has 0 unspecified atom stereocenters. The molecule has 0 aliphatic rings. The Kier molecular flexibility index (Phi) is 11.2. The highest BCUT2D eigenvalue weighted by Crippen LogP contribution is 2.44. The van der Waals surface area contributed by atoms with Crippen LogP contribution in [0.3, 0.4) is 0 Å². The third-order valence-electron chi connectivity index (χ3n) is 8.38. The highest BCUT2D eigenvalue weighted by molar-refractivity contribution is 8.00. The minimum Gasteiger partial charge on any atom is -0.497 e. The first kappa shape index (κ1) is 37.2. The molecule has 6 rings (SSSR count). The summed E-state index contributed by atoms with van der Waals surface area (Å²) < 4.78 is 74.3. The van der Waals surface area contributed by atoms with E-state index in [2.05, 4.69) is 4.98 Å². The Morgan fingerprint density at radius 3 is 2.06 bits per heavy atom. The molecule has 0 amide bonds. The number of rotatable bonds is 16. The Morgan fingerprint density at radius 2 is 1.42 bits per heavy atom. The molecule has 0 atom stereocenters. The van der Waals surface area contributed by atoms with Crippen molar-refractivity contribution < 1.29 is 46.0 Å². The number of fused-ring (bicyclic) bond motifs is 2. The Morgan fingerprint density at radius 1 is 0.736 bits per heavy atom. The maximum Gasteiger partial charge on any atom is 0.270 e. The van der Waals surface area contributed by atoms with Crippen molar-refractivity contribution in [2.24, 2.45) is 0 Å². The molecule has 4 aromatic carbocycles.